The van der Waals surface area contributed by atoms with E-state index in [9.17, 15) is 4.79 Å². The van der Waals surface area contributed by atoms with Crippen LogP contribution in [0.15, 0.2) is 24.3 Å². The predicted molar refractivity (Wildman–Crippen MR) is 103 cm³/mol. The lowest BCUT2D eigenvalue weighted by Gasteiger charge is -2.43. The summed E-state index contributed by atoms with van der Waals surface area (Å²) >= 11 is 0. The number of carbonyl (C=O) groups excluding carboxylic acids is 1. The van der Waals surface area contributed by atoms with Crippen molar-refractivity contribution >= 4 is 11.6 Å². The van der Waals surface area contributed by atoms with Crippen molar-refractivity contribution in [3.05, 3.63) is 29.8 Å². The second kappa shape index (κ2) is 8.68. The van der Waals surface area contributed by atoms with Crippen LogP contribution in [0.1, 0.15) is 33.3 Å². The molecule has 1 aliphatic heterocycles. The number of carbonyl (C=O) groups is 1. The van der Waals surface area contributed by atoms with Gasteiger partial charge < -0.3 is 15.0 Å². The SMILES string of the molecule is COCc1cccc(N2CCN(C(C)(C)C(=O)NCC(C)C)CC2)c1. The number of hydrogen-bond donors (Lipinski definition) is 1. The molecule has 1 heterocycles. The molecule has 0 aromatic heterocycles. The van der Waals surface area contributed by atoms with Crippen molar-refractivity contribution in [1.82, 2.24) is 10.2 Å². The van der Waals surface area contributed by atoms with E-state index in [0.29, 0.717) is 12.5 Å². The average Bonchev–Trinajstić information content (AvgIpc) is 2.60. The van der Waals surface area contributed by atoms with E-state index in [1.165, 1.54) is 11.3 Å². The van der Waals surface area contributed by atoms with Crippen LogP contribution in [0, 0.1) is 5.92 Å². The lowest BCUT2D eigenvalue weighted by molar-refractivity contribution is -0.132. The van der Waals surface area contributed by atoms with Crippen molar-refractivity contribution in [3.8, 4) is 0 Å². The number of nitrogens with one attached hydrogen (secondary N) is 1. The molecule has 5 nitrogen and oxygen atoms in total. The maximum absolute atomic E-state index is 12.6. The third kappa shape index (κ3) is 5.19. The third-order valence-corrected chi connectivity index (χ3v) is 4.88. The first-order valence-electron chi connectivity index (χ1n) is 9.20. The van der Waals surface area contributed by atoms with Crippen LogP contribution in [0.3, 0.4) is 0 Å². The highest BCUT2D eigenvalue weighted by atomic mass is 16.5. The maximum atomic E-state index is 12.6. The highest BCUT2D eigenvalue weighted by Crippen LogP contribution is 2.22. The van der Waals surface area contributed by atoms with Crippen LogP contribution in [-0.2, 0) is 16.1 Å². The maximum Gasteiger partial charge on any atom is 0.239 e. The third-order valence-electron chi connectivity index (χ3n) is 4.88. The van der Waals surface area contributed by atoms with Crippen LogP contribution < -0.4 is 10.2 Å². The molecule has 140 valence electrons. The molecule has 1 saturated heterocycles. The number of benzene rings is 1. The molecule has 1 aliphatic rings. The van der Waals surface area contributed by atoms with Crippen LogP contribution in [-0.4, -0.2) is 56.2 Å². The van der Waals surface area contributed by atoms with Crippen LogP contribution in [0.2, 0.25) is 0 Å². The first-order valence-corrected chi connectivity index (χ1v) is 9.20. The van der Waals surface area contributed by atoms with E-state index in [2.05, 4.69) is 53.2 Å². The van der Waals surface area contributed by atoms with Gasteiger partial charge in [-0.2, -0.15) is 0 Å². The molecule has 0 atom stereocenters. The van der Waals surface area contributed by atoms with Gasteiger partial charge >= 0.3 is 0 Å². The van der Waals surface area contributed by atoms with E-state index < -0.39 is 5.54 Å². The number of piperazine rings is 1. The van der Waals surface area contributed by atoms with E-state index in [1.807, 2.05) is 13.8 Å². The fourth-order valence-corrected chi connectivity index (χ4v) is 3.19. The minimum Gasteiger partial charge on any atom is -0.380 e. The minimum atomic E-state index is -0.473. The van der Waals surface area contributed by atoms with Crippen LogP contribution >= 0.6 is 0 Å². The van der Waals surface area contributed by atoms with Gasteiger partial charge in [0.1, 0.15) is 0 Å². The molecular weight excluding hydrogens is 314 g/mol. The highest BCUT2D eigenvalue weighted by Gasteiger charge is 2.36. The molecule has 1 amide bonds. The zero-order valence-electron chi connectivity index (χ0n) is 16.3. The van der Waals surface area contributed by atoms with Gasteiger partial charge in [-0.3, -0.25) is 9.69 Å². The minimum absolute atomic E-state index is 0.122. The molecule has 1 fully saturated rings. The molecule has 0 saturated carbocycles. The average molecular weight is 348 g/mol. The summed E-state index contributed by atoms with van der Waals surface area (Å²) in [6.45, 7) is 13.3. The van der Waals surface area contributed by atoms with Crippen LogP contribution in [0.5, 0.6) is 0 Å². The molecule has 1 N–H and O–H groups in total. The van der Waals surface area contributed by atoms with Gasteiger partial charge in [0, 0.05) is 45.5 Å². The Balaban J connectivity index is 1.94. The zero-order valence-corrected chi connectivity index (χ0v) is 16.3. The Morgan fingerprint density at radius 1 is 1.24 bits per heavy atom. The molecule has 0 radical (unpaired) electrons. The summed E-state index contributed by atoms with van der Waals surface area (Å²) in [6, 6.07) is 8.51. The Morgan fingerprint density at radius 2 is 1.92 bits per heavy atom. The van der Waals surface area contributed by atoms with Gasteiger partial charge in [0.15, 0.2) is 0 Å². The van der Waals surface area contributed by atoms with Gasteiger partial charge in [0.2, 0.25) is 5.91 Å². The van der Waals surface area contributed by atoms with Gasteiger partial charge in [-0.1, -0.05) is 26.0 Å². The summed E-state index contributed by atoms with van der Waals surface area (Å²) in [5.41, 5.74) is 1.95. The number of ether oxygens (including phenoxy) is 1. The number of anilines is 1. The first kappa shape index (κ1) is 19.7. The molecule has 5 heteroatoms. The monoisotopic (exact) mass is 347 g/mol. The van der Waals surface area contributed by atoms with Gasteiger partial charge in [-0.05, 0) is 37.5 Å². The quantitative estimate of drug-likeness (QED) is 0.823. The predicted octanol–water partition coefficient (Wildman–Crippen LogP) is 2.51. The molecule has 25 heavy (non-hydrogen) atoms. The number of rotatable bonds is 7. The highest BCUT2D eigenvalue weighted by molar-refractivity contribution is 5.85. The van der Waals surface area contributed by atoms with Crippen molar-refractivity contribution in [2.45, 2.75) is 39.8 Å². The molecule has 0 aliphatic carbocycles. The van der Waals surface area contributed by atoms with Gasteiger partial charge in [0.05, 0.1) is 12.1 Å². The second-order valence-corrected chi connectivity index (χ2v) is 7.74. The Morgan fingerprint density at radius 3 is 2.52 bits per heavy atom. The number of methoxy groups -OCH3 is 1. The topological polar surface area (TPSA) is 44.8 Å². The molecule has 1 aromatic carbocycles. The fraction of sp³-hybridized carbons (Fsp3) is 0.650. The number of hydrogen-bond acceptors (Lipinski definition) is 4. The molecule has 0 unspecified atom stereocenters. The van der Waals surface area contributed by atoms with Crippen molar-refractivity contribution < 1.29 is 9.53 Å². The summed E-state index contributed by atoms with van der Waals surface area (Å²) in [6.07, 6.45) is 0. The van der Waals surface area contributed by atoms with Crippen molar-refractivity contribution in [2.75, 3.05) is 44.7 Å². The van der Waals surface area contributed by atoms with Crippen LogP contribution in [0.25, 0.3) is 0 Å². The molecule has 2 rings (SSSR count). The molecule has 1 aromatic rings. The van der Waals surface area contributed by atoms with Gasteiger partial charge in [-0.25, -0.2) is 0 Å². The van der Waals surface area contributed by atoms with E-state index in [-0.39, 0.29) is 5.91 Å². The van der Waals surface area contributed by atoms with E-state index >= 15 is 0 Å². The van der Waals surface area contributed by atoms with E-state index in [0.717, 1.165) is 32.7 Å². The molecule has 0 bridgehead atoms. The van der Waals surface area contributed by atoms with Crippen molar-refractivity contribution in [1.29, 1.82) is 0 Å². The summed E-state index contributed by atoms with van der Waals surface area (Å²) in [4.78, 5) is 17.2. The summed E-state index contributed by atoms with van der Waals surface area (Å²) in [5.74, 6) is 0.590. The summed E-state index contributed by atoms with van der Waals surface area (Å²) in [5, 5.41) is 3.08. The Labute approximate surface area is 152 Å². The second-order valence-electron chi connectivity index (χ2n) is 7.74. The zero-order chi connectivity index (χ0) is 18.4. The fourth-order valence-electron chi connectivity index (χ4n) is 3.19. The smallest absolute Gasteiger partial charge is 0.239 e. The molecule has 0 spiro atoms. The van der Waals surface area contributed by atoms with Gasteiger partial charge in [0.25, 0.3) is 0 Å². The normalized spacial score (nSPS) is 16.3. The summed E-state index contributed by atoms with van der Waals surface area (Å²) in [7, 11) is 1.72. The van der Waals surface area contributed by atoms with Crippen molar-refractivity contribution in [2.24, 2.45) is 5.92 Å². The van der Waals surface area contributed by atoms with Crippen molar-refractivity contribution in [3.63, 3.8) is 0 Å². The Bertz CT molecular complexity index is 564. The van der Waals surface area contributed by atoms with E-state index in [4.69, 9.17) is 4.74 Å². The number of nitrogens with zero attached hydrogens (tertiary/aromatic N) is 2. The standard InChI is InChI=1S/C20H33N3O2/c1-16(2)14-21-19(24)20(3,4)23-11-9-22(10-12-23)18-8-6-7-17(13-18)15-25-5/h6-8,13,16H,9-12,14-15H2,1-5H3,(H,21,24). The summed E-state index contributed by atoms with van der Waals surface area (Å²) < 4.78 is 5.23. The largest absolute Gasteiger partial charge is 0.380 e. The first-order chi connectivity index (χ1) is 11.8. The Kier molecular flexibility index (Phi) is 6.85. The van der Waals surface area contributed by atoms with Crippen LogP contribution in [0.4, 0.5) is 5.69 Å². The molecular formula is C20H33N3O2. The lowest BCUT2D eigenvalue weighted by atomic mass is 9.99. The number of amides is 1. The van der Waals surface area contributed by atoms with E-state index in [1.54, 1.807) is 7.11 Å². The van der Waals surface area contributed by atoms with Gasteiger partial charge in [-0.15, -0.1) is 0 Å². The lowest BCUT2D eigenvalue weighted by Crippen LogP contribution is -2.60. The Hall–Kier alpha value is -1.59.